The van der Waals surface area contributed by atoms with Crippen LogP contribution in [0.4, 0.5) is 22.0 Å². The third kappa shape index (κ3) is 5.43. The summed E-state index contributed by atoms with van der Waals surface area (Å²) in [5.41, 5.74) is 7.88. The summed E-state index contributed by atoms with van der Waals surface area (Å²) in [5, 5.41) is 7.79. The zero-order valence-electron chi connectivity index (χ0n) is 18.5. The smallest absolute Gasteiger partial charge is 0.281 e. The maximum absolute atomic E-state index is 14.1. The molecule has 174 valence electrons. The second kappa shape index (κ2) is 10.2. The molecular weight excluding hydrogens is 445 g/mol. The first-order chi connectivity index (χ1) is 15.9. The molecule has 33 heavy (non-hydrogen) atoms. The quantitative estimate of drug-likeness (QED) is 0.511. The van der Waals surface area contributed by atoms with Gasteiger partial charge in [-0.05, 0) is 44.2 Å². The molecule has 2 aromatic carbocycles. The number of nitrogens with two attached hydrogens (primary N) is 1. The highest BCUT2D eigenvalue weighted by Crippen LogP contribution is 2.29. The number of nitrogens with one attached hydrogen (secondary N) is 1. The molecule has 0 atom stereocenters. The van der Waals surface area contributed by atoms with Crippen molar-refractivity contribution in [2.45, 2.75) is 13.3 Å². The van der Waals surface area contributed by atoms with Crippen LogP contribution in [0.3, 0.4) is 0 Å². The Kier molecular flexibility index (Phi) is 7.10. The van der Waals surface area contributed by atoms with E-state index in [0.717, 1.165) is 49.4 Å². The van der Waals surface area contributed by atoms with Gasteiger partial charge in [-0.2, -0.15) is 9.67 Å². The van der Waals surface area contributed by atoms with Crippen LogP contribution in [0.25, 0.3) is 0 Å². The summed E-state index contributed by atoms with van der Waals surface area (Å²) >= 11 is 6.19. The van der Waals surface area contributed by atoms with Gasteiger partial charge in [0.25, 0.3) is 5.91 Å². The number of carbonyl (C=O) groups excluding carboxylic acids is 1. The number of halogens is 2. The lowest BCUT2D eigenvalue weighted by Gasteiger charge is -2.36. The highest BCUT2D eigenvalue weighted by atomic mass is 35.5. The molecule has 0 unspecified atom stereocenters. The molecule has 1 saturated heterocycles. The van der Waals surface area contributed by atoms with Crippen molar-refractivity contribution in [1.82, 2.24) is 19.7 Å². The Labute approximate surface area is 197 Å². The minimum atomic E-state index is -0.315. The summed E-state index contributed by atoms with van der Waals surface area (Å²) in [6, 6.07) is 12.0. The van der Waals surface area contributed by atoms with Gasteiger partial charge in [-0.25, -0.2) is 4.39 Å². The van der Waals surface area contributed by atoms with Gasteiger partial charge in [0.2, 0.25) is 11.9 Å². The van der Waals surface area contributed by atoms with Gasteiger partial charge in [0.1, 0.15) is 5.82 Å². The lowest BCUT2D eigenvalue weighted by atomic mass is 10.1. The van der Waals surface area contributed by atoms with Crippen molar-refractivity contribution < 1.29 is 9.18 Å². The number of aromatic nitrogens is 3. The van der Waals surface area contributed by atoms with Gasteiger partial charge < -0.3 is 16.0 Å². The molecule has 0 radical (unpaired) electrons. The fourth-order valence-electron chi connectivity index (χ4n) is 3.94. The van der Waals surface area contributed by atoms with E-state index in [-0.39, 0.29) is 17.7 Å². The Balaban J connectivity index is 1.23. The average molecular weight is 472 g/mol. The highest BCUT2D eigenvalue weighted by molar-refractivity contribution is 6.33. The standard InChI is InChI=1S/C23H27ClFN7O/c1-16-5-2-6-17(15-16)21(33)32-22(26)28-23(29-32)27-9-4-10-30-11-13-31(14-12-30)20-18(24)7-3-8-19(20)25/h2-3,5-8,15H,4,9-14H2,1H3,(H3,26,27,28,29). The molecule has 1 aromatic heterocycles. The summed E-state index contributed by atoms with van der Waals surface area (Å²) in [4.78, 5) is 21.1. The van der Waals surface area contributed by atoms with Gasteiger partial charge in [0, 0.05) is 38.3 Å². The number of hydrogen-bond donors (Lipinski definition) is 2. The second-order valence-electron chi connectivity index (χ2n) is 8.06. The molecule has 0 spiro atoms. The van der Waals surface area contributed by atoms with Crippen molar-refractivity contribution in [2.24, 2.45) is 0 Å². The van der Waals surface area contributed by atoms with E-state index in [1.807, 2.05) is 24.0 Å². The Morgan fingerprint density at radius 3 is 2.67 bits per heavy atom. The van der Waals surface area contributed by atoms with Gasteiger partial charge in [-0.3, -0.25) is 9.69 Å². The predicted molar refractivity (Wildman–Crippen MR) is 129 cm³/mol. The van der Waals surface area contributed by atoms with Gasteiger partial charge in [-0.1, -0.05) is 35.4 Å². The van der Waals surface area contributed by atoms with Crippen LogP contribution in [0.15, 0.2) is 42.5 Å². The first-order valence-corrected chi connectivity index (χ1v) is 11.3. The first kappa shape index (κ1) is 23.0. The van der Waals surface area contributed by atoms with Crippen molar-refractivity contribution in [2.75, 3.05) is 55.2 Å². The SMILES string of the molecule is Cc1cccc(C(=O)n2nc(NCCCN3CCN(c4c(F)cccc4Cl)CC3)nc2N)c1. The molecule has 4 rings (SSSR count). The number of nitrogens with zero attached hydrogens (tertiary/aromatic N) is 5. The van der Waals surface area contributed by atoms with Gasteiger partial charge >= 0.3 is 0 Å². The Hall–Kier alpha value is -3.17. The maximum atomic E-state index is 14.1. The fraction of sp³-hybridized carbons (Fsp3) is 0.348. The van der Waals surface area contributed by atoms with Crippen LogP contribution in [0.1, 0.15) is 22.3 Å². The number of para-hydroxylation sites is 1. The number of nitrogen functional groups attached to an aromatic ring is 1. The molecule has 0 amide bonds. The molecule has 2 heterocycles. The lowest BCUT2D eigenvalue weighted by Crippen LogP contribution is -2.47. The number of piperazine rings is 1. The van der Waals surface area contributed by atoms with Gasteiger partial charge in [0.15, 0.2) is 0 Å². The molecule has 0 bridgehead atoms. The minimum Gasteiger partial charge on any atom is -0.368 e. The van der Waals surface area contributed by atoms with Crippen molar-refractivity contribution >= 4 is 35.1 Å². The molecule has 0 saturated carbocycles. The van der Waals surface area contributed by atoms with Crippen LogP contribution in [0, 0.1) is 12.7 Å². The summed E-state index contributed by atoms with van der Waals surface area (Å²) in [7, 11) is 0. The van der Waals surface area contributed by atoms with Crippen molar-refractivity contribution in [3.05, 3.63) is 64.4 Å². The monoisotopic (exact) mass is 471 g/mol. The van der Waals surface area contributed by atoms with E-state index in [1.165, 1.54) is 6.07 Å². The second-order valence-corrected chi connectivity index (χ2v) is 8.47. The molecule has 1 fully saturated rings. The number of hydrogen-bond acceptors (Lipinski definition) is 7. The van der Waals surface area contributed by atoms with E-state index in [9.17, 15) is 9.18 Å². The predicted octanol–water partition coefficient (Wildman–Crippen LogP) is 3.27. The summed E-state index contributed by atoms with van der Waals surface area (Å²) in [5.74, 6) is -0.226. The minimum absolute atomic E-state index is 0.0481. The lowest BCUT2D eigenvalue weighted by molar-refractivity contribution is 0.0948. The molecular formula is C23H27ClFN7O. The van der Waals surface area contributed by atoms with Crippen LogP contribution in [-0.4, -0.2) is 64.8 Å². The van der Waals surface area contributed by atoms with Crippen molar-refractivity contribution in [1.29, 1.82) is 0 Å². The molecule has 1 aliphatic rings. The van der Waals surface area contributed by atoms with E-state index in [2.05, 4.69) is 20.3 Å². The van der Waals surface area contributed by atoms with Crippen LogP contribution < -0.4 is 16.0 Å². The third-order valence-corrected chi connectivity index (χ3v) is 5.95. The van der Waals surface area contributed by atoms with Gasteiger partial charge in [0.05, 0.1) is 10.7 Å². The summed E-state index contributed by atoms with van der Waals surface area (Å²) < 4.78 is 15.3. The number of anilines is 3. The Morgan fingerprint density at radius 2 is 1.94 bits per heavy atom. The number of carbonyl (C=O) groups is 1. The van der Waals surface area contributed by atoms with Crippen LogP contribution in [0.5, 0.6) is 0 Å². The molecule has 3 aromatic rings. The van der Waals surface area contributed by atoms with Crippen LogP contribution in [-0.2, 0) is 0 Å². The van der Waals surface area contributed by atoms with E-state index in [0.29, 0.717) is 28.8 Å². The normalized spacial score (nSPS) is 14.5. The van der Waals surface area contributed by atoms with E-state index < -0.39 is 0 Å². The van der Waals surface area contributed by atoms with Crippen molar-refractivity contribution in [3.8, 4) is 0 Å². The summed E-state index contributed by atoms with van der Waals surface area (Å²) in [6.45, 7) is 6.54. The van der Waals surface area contributed by atoms with E-state index in [4.69, 9.17) is 17.3 Å². The molecule has 8 nitrogen and oxygen atoms in total. The van der Waals surface area contributed by atoms with E-state index in [1.54, 1.807) is 24.3 Å². The van der Waals surface area contributed by atoms with Gasteiger partial charge in [-0.15, -0.1) is 5.10 Å². The van der Waals surface area contributed by atoms with Crippen LogP contribution in [0.2, 0.25) is 5.02 Å². The molecule has 0 aliphatic carbocycles. The summed E-state index contributed by atoms with van der Waals surface area (Å²) in [6.07, 6.45) is 0.862. The zero-order valence-corrected chi connectivity index (χ0v) is 19.2. The maximum Gasteiger partial charge on any atom is 0.281 e. The Bertz CT molecular complexity index is 1110. The number of aryl methyl sites for hydroxylation is 1. The Morgan fingerprint density at radius 1 is 1.18 bits per heavy atom. The first-order valence-electron chi connectivity index (χ1n) is 10.9. The fourth-order valence-corrected chi connectivity index (χ4v) is 4.22. The topological polar surface area (TPSA) is 92.3 Å². The number of benzene rings is 2. The largest absolute Gasteiger partial charge is 0.368 e. The number of rotatable bonds is 7. The third-order valence-electron chi connectivity index (χ3n) is 5.65. The zero-order chi connectivity index (χ0) is 23.4. The highest BCUT2D eigenvalue weighted by Gasteiger charge is 2.21. The van der Waals surface area contributed by atoms with Crippen LogP contribution >= 0.6 is 11.6 Å². The van der Waals surface area contributed by atoms with Crippen molar-refractivity contribution in [3.63, 3.8) is 0 Å². The van der Waals surface area contributed by atoms with E-state index >= 15 is 0 Å². The molecule has 10 heteroatoms. The molecule has 3 N–H and O–H groups in total. The molecule has 1 aliphatic heterocycles. The average Bonchev–Trinajstić information content (AvgIpc) is 3.17.